The fraction of sp³-hybridized carbons (Fsp3) is 0.923. The van der Waals surface area contributed by atoms with Gasteiger partial charge in [0.2, 0.25) is 0 Å². The molecule has 2 rings (SSSR count). The van der Waals surface area contributed by atoms with Crippen LogP contribution in [0, 0.1) is 0 Å². The summed E-state index contributed by atoms with van der Waals surface area (Å²) in [7, 11) is 1.76. The minimum absolute atomic E-state index is 0.0249. The lowest BCUT2D eigenvalue weighted by Gasteiger charge is -2.43. The molecule has 1 N–H and O–H groups in total. The maximum Gasteiger partial charge on any atom is 0.305 e. The van der Waals surface area contributed by atoms with E-state index in [2.05, 4.69) is 4.90 Å². The van der Waals surface area contributed by atoms with Crippen LogP contribution in [0.2, 0.25) is 0 Å². The molecular weight excluding hydrogens is 234 g/mol. The van der Waals surface area contributed by atoms with Crippen LogP contribution >= 0.6 is 0 Å². The number of ether oxygens (including phenoxy) is 2. The monoisotopic (exact) mass is 257 g/mol. The van der Waals surface area contributed by atoms with Gasteiger partial charge in [-0.05, 0) is 25.7 Å². The SMILES string of the molecule is COC1CCCC(N2CCOCC2CC(=O)O)C1. The van der Waals surface area contributed by atoms with Gasteiger partial charge in [-0.3, -0.25) is 9.69 Å². The van der Waals surface area contributed by atoms with Crippen LogP contribution in [0.5, 0.6) is 0 Å². The number of methoxy groups -OCH3 is 1. The summed E-state index contributed by atoms with van der Waals surface area (Å²) in [6.45, 7) is 2.10. The molecule has 0 amide bonds. The van der Waals surface area contributed by atoms with E-state index < -0.39 is 5.97 Å². The van der Waals surface area contributed by atoms with Crippen LogP contribution in [0.1, 0.15) is 32.1 Å². The van der Waals surface area contributed by atoms with Gasteiger partial charge < -0.3 is 14.6 Å². The van der Waals surface area contributed by atoms with Crippen LogP contribution in [0.25, 0.3) is 0 Å². The summed E-state index contributed by atoms with van der Waals surface area (Å²) in [5, 5.41) is 8.97. The van der Waals surface area contributed by atoms with Crippen molar-refractivity contribution in [2.75, 3.05) is 26.9 Å². The molecule has 18 heavy (non-hydrogen) atoms. The number of hydrogen-bond donors (Lipinski definition) is 1. The lowest BCUT2D eigenvalue weighted by atomic mass is 9.90. The van der Waals surface area contributed by atoms with Gasteiger partial charge in [-0.2, -0.15) is 0 Å². The van der Waals surface area contributed by atoms with Crippen molar-refractivity contribution in [3.05, 3.63) is 0 Å². The zero-order valence-electron chi connectivity index (χ0n) is 11.0. The van der Waals surface area contributed by atoms with E-state index in [9.17, 15) is 4.79 Å². The van der Waals surface area contributed by atoms with Crippen molar-refractivity contribution in [2.45, 2.75) is 50.3 Å². The first-order valence-corrected chi connectivity index (χ1v) is 6.78. The minimum Gasteiger partial charge on any atom is -0.481 e. The second kappa shape index (κ2) is 6.50. The highest BCUT2D eigenvalue weighted by atomic mass is 16.5. The number of carboxylic acids is 1. The first-order chi connectivity index (χ1) is 8.70. The van der Waals surface area contributed by atoms with Crippen molar-refractivity contribution in [3.63, 3.8) is 0 Å². The standard InChI is InChI=1S/C13H23NO4/c1-17-12-4-2-3-10(7-12)14-5-6-18-9-11(14)8-13(15)16/h10-12H,2-9H2,1H3,(H,15,16). The maximum atomic E-state index is 10.9. The smallest absolute Gasteiger partial charge is 0.305 e. The molecule has 1 saturated heterocycles. The summed E-state index contributed by atoms with van der Waals surface area (Å²) in [5.74, 6) is -0.741. The summed E-state index contributed by atoms with van der Waals surface area (Å²) in [6, 6.07) is 0.480. The Bertz CT molecular complexity index is 284. The van der Waals surface area contributed by atoms with Gasteiger partial charge in [-0.15, -0.1) is 0 Å². The summed E-state index contributed by atoms with van der Waals surface area (Å²) in [6.07, 6.45) is 4.97. The van der Waals surface area contributed by atoms with Gasteiger partial charge in [0.05, 0.1) is 25.7 Å². The van der Waals surface area contributed by atoms with Gasteiger partial charge in [0.15, 0.2) is 0 Å². The molecular formula is C13H23NO4. The average molecular weight is 257 g/mol. The Kier molecular flexibility index (Phi) is 4.97. The molecule has 3 atom stereocenters. The van der Waals surface area contributed by atoms with E-state index in [4.69, 9.17) is 14.6 Å². The van der Waals surface area contributed by atoms with Crippen molar-refractivity contribution >= 4 is 5.97 Å². The third-order valence-corrected chi connectivity index (χ3v) is 4.08. The van der Waals surface area contributed by atoms with Gasteiger partial charge in [0.25, 0.3) is 0 Å². The lowest BCUT2D eigenvalue weighted by molar-refractivity contribution is -0.141. The summed E-state index contributed by atoms with van der Waals surface area (Å²) in [4.78, 5) is 13.2. The maximum absolute atomic E-state index is 10.9. The molecule has 1 heterocycles. The molecule has 104 valence electrons. The van der Waals surface area contributed by atoms with E-state index in [1.165, 1.54) is 6.42 Å². The molecule has 0 spiro atoms. The van der Waals surface area contributed by atoms with Crippen LogP contribution in [0.4, 0.5) is 0 Å². The quantitative estimate of drug-likeness (QED) is 0.818. The van der Waals surface area contributed by atoms with E-state index in [1.807, 2.05) is 0 Å². The number of aliphatic carboxylic acids is 1. The molecule has 0 aromatic rings. The first kappa shape index (κ1) is 13.8. The highest BCUT2D eigenvalue weighted by molar-refractivity contribution is 5.67. The van der Waals surface area contributed by atoms with Gasteiger partial charge in [0.1, 0.15) is 0 Å². The summed E-state index contributed by atoms with van der Waals surface area (Å²) >= 11 is 0. The Hall–Kier alpha value is -0.650. The number of rotatable bonds is 4. The van der Waals surface area contributed by atoms with Gasteiger partial charge in [-0.1, -0.05) is 0 Å². The zero-order chi connectivity index (χ0) is 13.0. The van der Waals surface area contributed by atoms with Crippen LogP contribution < -0.4 is 0 Å². The topological polar surface area (TPSA) is 59.0 Å². The Morgan fingerprint density at radius 1 is 1.50 bits per heavy atom. The fourth-order valence-corrected chi connectivity index (χ4v) is 3.16. The Morgan fingerprint density at radius 3 is 3.06 bits per heavy atom. The number of nitrogens with zero attached hydrogens (tertiary/aromatic N) is 1. The van der Waals surface area contributed by atoms with Crippen LogP contribution in [-0.2, 0) is 14.3 Å². The summed E-state index contributed by atoms with van der Waals surface area (Å²) < 4.78 is 10.9. The molecule has 5 nitrogen and oxygen atoms in total. The predicted molar refractivity (Wildman–Crippen MR) is 66.6 cm³/mol. The second-order valence-corrected chi connectivity index (χ2v) is 5.24. The normalized spacial score (nSPS) is 34.4. The number of morpholine rings is 1. The minimum atomic E-state index is -0.741. The Labute approximate surface area is 108 Å². The molecule has 3 unspecified atom stereocenters. The molecule has 1 aliphatic carbocycles. The Morgan fingerprint density at radius 2 is 2.33 bits per heavy atom. The molecule has 2 fully saturated rings. The number of hydrogen-bond acceptors (Lipinski definition) is 4. The van der Waals surface area contributed by atoms with Crippen molar-refractivity contribution in [3.8, 4) is 0 Å². The highest BCUT2D eigenvalue weighted by Gasteiger charge is 2.33. The lowest BCUT2D eigenvalue weighted by Crippen LogP contribution is -2.53. The van der Waals surface area contributed by atoms with Crippen LogP contribution in [-0.4, -0.2) is 61.0 Å². The van der Waals surface area contributed by atoms with Crippen LogP contribution in [0.3, 0.4) is 0 Å². The van der Waals surface area contributed by atoms with E-state index >= 15 is 0 Å². The van der Waals surface area contributed by atoms with E-state index in [0.29, 0.717) is 25.4 Å². The van der Waals surface area contributed by atoms with Gasteiger partial charge in [-0.25, -0.2) is 0 Å². The summed E-state index contributed by atoms with van der Waals surface area (Å²) in [5.41, 5.74) is 0. The van der Waals surface area contributed by atoms with Gasteiger partial charge >= 0.3 is 5.97 Å². The molecule has 1 saturated carbocycles. The highest BCUT2D eigenvalue weighted by Crippen LogP contribution is 2.28. The predicted octanol–water partition coefficient (Wildman–Crippen LogP) is 1.12. The number of carbonyl (C=O) groups is 1. The molecule has 2 aliphatic rings. The van der Waals surface area contributed by atoms with Crippen molar-refractivity contribution in [2.24, 2.45) is 0 Å². The molecule has 0 radical (unpaired) electrons. The average Bonchev–Trinajstić information content (AvgIpc) is 2.39. The molecule has 0 aromatic heterocycles. The Balaban J connectivity index is 1.96. The third-order valence-electron chi connectivity index (χ3n) is 4.08. The number of carboxylic acid groups (broad SMARTS) is 1. The largest absolute Gasteiger partial charge is 0.481 e. The van der Waals surface area contributed by atoms with Crippen LogP contribution in [0.15, 0.2) is 0 Å². The zero-order valence-corrected chi connectivity index (χ0v) is 11.0. The van der Waals surface area contributed by atoms with Crippen molar-refractivity contribution < 1.29 is 19.4 Å². The van der Waals surface area contributed by atoms with E-state index in [1.54, 1.807) is 7.11 Å². The van der Waals surface area contributed by atoms with E-state index in [-0.39, 0.29) is 12.5 Å². The molecule has 5 heteroatoms. The van der Waals surface area contributed by atoms with Gasteiger partial charge in [0, 0.05) is 25.7 Å². The third kappa shape index (κ3) is 3.43. The fourth-order valence-electron chi connectivity index (χ4n) is 3.16. The first-order valence-electron chi connectivity index (χ1n) is 6.78. The molecule has 0 bridgehead atoms. The second-order valence-electron chi connectivity index (χ2n) is 5.24. The molecule has 1 aliphatic heterocycles. The van der Waals surface area contributed by atoms with E-state index in [0.717, 1.165) is 25.8 Å². The molecule has 0 aromatic carbocycles. The van der Waals surface area contributed by atoms with Crippen molar-refractivity contribution in [1.82, 2.24) is 4.90 Å². The van der Waals surface area contributed by atoms with Crippen molar-refractivity contribution in [1.29, 1.82) is 0 Å².